The van der Waals surface area contributed by atoms with E-state index in [9.17, 15) is 25.0 Å². The molecule has 2 aromatic carbocycles. The molecule has 0 fully saturated rings. The number of nitrogens with zero attached hydrogens (tertiary/aromatic N) is 2. The van der Waals surface area contributed by atoms with Gasteiger partial charge in [-0.15, -0.1) is 0 Å². The first-order valence-corrected chi connectivity index (χ1v) is 12.3. The number of nitro benzene ring substituents is 1. The summed E-state index contributed by atoms with van der Waals surface area (Å²) >= 11 is 7.15. The van der Waals surface area contributed by atoms with Crippen molar-refractivity contribution in [3.05, 3.63) is 91.1 Å². The molecule has 1 aliphatic rings. The second kappa shape index (κ2) is 12.9. The van der Waals surface area contributed by atoms with Crippen LogP contribution in [0.4, 0.5) is 11.4 Å². The topological polar surface area (TPSA) is 144 Å². The Labute approximate surface area is 222 Å². The number of halogens is 1. The van der Waals surface area contributed by atoms with E-state index in [4.69, 9.17) is 21.1 Å². The maximum Gasteiger partial charge on any atom is 0.336 e. The van der Waals surface area contributed by atoms with Gasteiger partial charge in [0.05, 0.1) is 45.4 Å². The van der Waals surface area contributed by atoms with E-state index in [0.29, 0.717) is 27.0 Å². The summed E-state index contributed by atoms with van der Waals surface area (Å²) in [5.74, 6) is -1.76. The van der Waals surface area contributed by atoms with E-state index < -0.39 is 16.8 Å². The van der Waals surface area contributed by atoms with E-state index in [1.165, 1.54) is 31.4 Å². The maximum absolute atomic E-state index is 13.0. The molecule has 0 saturated heterocycles. The van der Waals surface area contributed by atoms with Gasteiger partial charge >= 0.3 is 5.97 Å². The lowest BCUT2D eigenvalue weighted by Gasteiger charge is -2.29. The molecule has 0 radical (unpaired) electrons. The Kier molecular flexibility index (Phi) is 9.68. The maximum atomic E-state index is 13.0. The van der Waals surface area contributed by atoms with E-state index in [1.807, 2.05) is 0 Å². The van der Waals surface area contributed by atoms with E-state index in [0.717, 1.165) is 11.8 Å². The third-order valence-corrected chi connectivity index (χ3v) is 6.57. The number of allylic oxidation sites excluding steroid dienone is 2. The second-order valence-electron chi connectivity index (χ2n) is 7.77. The van der Waals surface area contributed by atoms with Gasteiger partial charge in [-0.25, -0.2) is 4.79 Å². The smallest absolute Gasteiger partial charge is 0.336 e. The number of carbonyl (C=O) groups is 2. The number of non-ortho nitro benzene ring substituents is 1. The average molecular weight is 543 g/mol. The van der Waals surface area contributed by atoms with Crippen molar-refractivity contribution in [2.75, 3.05) is 31.4 Å². The highest BCUT2D eigenvalue weighted by atomic mass is 35.5. The highest BCUT2D eigenvalue weighted by Gasteiger charge is 2.35. The number of methoxy groups -OCH3 is 1. The summed E-state index contributed by atoms with van der Waals surface area (Å²) in [4.78, 5) is 35.8. The first-order chi connectivity index (χ1) is 17.7. The predicted molar refractivity (Wildman–Crippen MR) is 140 cm³/mol. The van der Waals surface area contributed by atoms with Crippen molar-refractivity contribution < 1.29 is 24.0 Å². The lowest BCUT2D eigenvalue weighted by Crippen LogP contribution is -2.29. The zero-order chi connectivity index (χ0) is 26.9. The molecule has 1 amide bonds. The largest absolute Gasteiger partial charge is 0.460 e. The van der Waals surface area contributed by atoms with Crippen molar-refractivity contribution in [1.29, 1.82) is 5.26 Å². The zero-order valence-corrected chi connectivity index (χ0v) is 21.5. The third-order valence-electron chi connectivity index (χ3n) is 5.30. The molecule has 192 valence electrons. The Hall–Kier alpha value is -3.85. The number of hydrogen-bond acceptors (Lipinski definition) is 9. The van der Waals surface area contributed by atoms with Crippen LogP contribution < -0.4 is 10.6 Å². The molecule has 0 aromatic heterocycles. The summed E-state index contributed by atoms with van der Waals surface area (Å²) in [6.07, 6.45) is 0. The summed E-state index contributed by atoms with van der Waals surface area (Å²) < 4.78 is 10.3. The van der Waals surface area contributed by atoms with Crippen LogP contribution in [0.15, 0.2) is 70.4 Å². The number of nitro groups is 1. The van der Waals surface area contributed by atoms with Crippen molar-refractivity contribution in [1.82, 2.24) is 5.32 Å². The summed E-state index contributed by atoms with van der Waals surface area (Å²) in [5, 5.41) is 27.6. The number of hydrogen-bond donors (Lipinski definition) is 2. The minimum Gasteiger partial charge on any atom is -0.460 e. The molecule has 0 spiro atoms. The van der Waals surface area contributed by atoms with E-state index in [1.54, 1.807) is 31.2 Å². The highest BCUT2D eigenvalue weighted by molar-refractivity contribution is 8.03. The molecule has 1 unspecified atom stereocenters. The normalized spacial score (nSPS) is 15.0. The fourth-order valence-corrected chi connectivity index (χ4v) is 4.60. The Bertz CT molecular complexity index is 1290. The number of anilines is 1. The van der Waals surface area contributed by atoms with Gasteiger partial charge in [0.2, 0.25) is 5.91 Å². The number of nitriles is 1. The van der Waals surface area contributed by atoms with Gasteiger partial charge in [0.25, 0.3) is 5.69 Å². The van der Waals surface area contributed by atoms with Crippen LogP contribution in [0.2, 0.25) is 5.02 Å². The standard InChI is InChI=1S/C25H23ClN4O6S/c1-15-22(25(32)36-12-11-35-2)23(16-3-5-17(26)6-4-16)20(13-27)24(28-15)37-14-21(31)29-18-7-9-19(10-8-18)30(33)34/h3-10,23,28H,11-12,14H2,1-2H3,(H,29,31). The molecule has 37 heavy (non-hydrogen) atoms. The Morgan fingerprint density at radius 3 is 2.46 bits per heavy atom. The minimum absolute atomic E-state index is 0.0511. The van der Waals surface area contributed by atoms with Crippen molar-refractivity contribution in [2.24, 2.45) is 0 Å². The van der Waals surface area contributed by atoms with Gasteiger partial charge in [-0.05, 0) is 36.8 Å². The summed E-state index contributed by atoms with van der Waals surface area (Å²) in [6, 6.07) is 14.4. The molecule has 1 atom stereocenters. The van der Waals surface area contributed by atoms with Gasteiger partial charge in [0.15, 0.2) is 0 Å². The summed E-state index contributed by atoms with van der Waals surface area (Å²) in [7, 11) is 1.49. The van der Waals surface area contributed by atoms with Gasteiger partial charge in [-0.1, -0.05) is 35.5 Å². The molecule has 1 heterocycles. The van der Waals surface area contributed by atoms with Gasteiger partial charge < -0.3 is 20.1 Å². The lowest BCUT2D eigenvalue weighted by atomic mass is 9.82. The molecular weight excluding hydrogens is 520 g/mol. The molecule has 0 bridgehead atoms. The zero-order valence-electron chi connectivity index (χ0n) is 19.9. The lowest BCUT2D eigenvalue weighted by molar-refractivity contribution is -0.384. The number of dihydropyridines is 1. The van der Waals surface area contributed by atoms with Crippen LogP contribution in [0.1, 0.15) is 18.4 Å². The van der Waals surface area contributed by atoms with Gasteiger partial charge in [-0.3, -0.25) is 14.9 Å². The van der Waals surface area contributed by atoms with Gasteiger partial charge in [0, 0.05) is 35.6 Å². The molecule has 1 aliphatic heterocycles. The number of carbonyl (C=O) groups excluding carboxylic acids is 2. The minimum atomic E-state index is -0.737. The Balaban J connectivity index is 1.84. The number of benzene rings is 2. The molecule has 2 aromatic rings. The number of ether oxygens (including phenoxy) is 2. The van der Waals surface area contributed by atoms with Crippen LogP contribution in [0.5, 0.6) is 0 Å². The molecular formula is C25H23ClN4O6S. The van der Waals surface area contributed by atoms with Crippen LogP contribution in [0, 0.1) is 21.4 Å². The summed E-state index contributed by atoms with van der Waals surface area (Å²) in [5.41, 5.74) is 1.98. The van der Waals surface area contributed by atoms with Crippen molar-refractivity contribution >= 4 is 46.6 Å². The first-order valence-electron chi connectivity index (χ1n) is 11.0. The van der Waals surface area contributed by atoms with Crippen LogP contribution in [0.25, 0.3) is 0 Å². The van der Waals surface area contributed by atoms with E-state index in [2.05, 4.69) is 16.7 Å². The molecule has 2 N–H and O–H groups in total. The highest BCUT2D eigenvalue weighted by Crippen LogP contribution is 2.41. The number of esters is 1. The first kappa shape index (κ1) is 27.7. The Morgan fingerprint density at radius 1 is 1.19 bits per heavy atom. The number of nitrogens with one attached hydrogen (secondary N) is 2. The van der Waals surface area contributed by atoms with E-state index in [-0.39, 0.29) is 41.7 Å². The van der Waals surface area contributed by atoms with Crippen molar-refractivity contribution in [3.63, 3.8) is 0 Å². The van der Waals surface area contributed by atoms with E-state index >= 15 is 0 Å². The van der Waals surface area contributed by atoms with Crippen molar-refractivity contribution in [3.8, 4) is 6.07 Å². The monoisotopic (exact) mass is 542 g/mol. The third kappa shape index (κ3) is 7.10. The molecule has 3 rings (SSSR count). The number of amides is 1. The van der Waals surface area contributed by atoms with Gasteiger partial charge in [-0.2, -0.15) is 5.26 Å². The van der Waals surface area contributed by atoms with Crippen molar-refractivity contribution in [2.45, 2.75) is 12.8 Å². The van der Waals surface area contributed by atoms with Crippen LogP contribution >= 0.6 is 23.4 Å². The number of rotatable bonds is 10. The van der Waals surface area contributed by atoms with Crippen LogP contribution in [0.3, 0.4) is 0 Å². The molecule has 10 nitrogen and oxygen atoms in total. The molecule has 12 heteroatoms. The average Bonchev–Trinajstić information content (AvgIpc) is 2.88. The predicted octanol–water partition coefficient (Wildman–Crippen LogP) is 4.51. The molecule has 0 aliphatic carbocycles. The second-order valence-corrected chi connectivity index (χ2v) is 9.19. The van der Waals surface area contributed by atoms with Crippen LogP contribution in [-0.2, 0) is 19.1 Å². The van der Waals surface area contributed by atoms with Crippen LogP contribution in [-0.4, -0.2) is 42.9 Å². The fourth-order valence-electron chi connectivity index (χ4n) is 3.58. The fraction of sp³-hybridized carbons (Fsp3) is 0.240. The Morgan fingerprint density at radius 2 is 1.86 bits per heavy atom. The molecule has 0 saturated carbocycles. The van der Waals surface area contributed by atoms with Gasteiger partial charge in [0.1, 0.15) is 6.61 Å². The number of thioether (sulfide) groups is 1. The summed E-state index contributed by atoms with van der Waals surface area (Å²) in [6.45, 7) is 1.97. The SMILES string of the molecule is COCCOC(=O)C1=C(C)NC(SCC(=O)Nc2ccc([N+](=O)[O-])cc2)=C(C#N)C1c1ccc(Cl)cc1. The quantitative estimate of drug-likeness (QED) is 0.192.